The minimum atomic E-state index is -0.414. The number of thiazole rings is 1. The second kappa shape index (κ2) is 10.6. The topological polar surface area (TPSA) is 73.2 Å². The quantitative estimate of drug-likeness (QED) is 0.525. The van der Waals surface area contributed by atoms with E-state index < -0.39 is 5.97 Å². The Bertz CT molecular complexity index is 838. The number of nitrogens with zero attached hydrogens (tertiary/aromatic N) is 2. The summed E-state index contributed by atoms with van der Waals surface area (Å²) >= 11 is 1.26. The van der Waals surface area contributed by atoms with E-state index in [0.717, 1.165) is 37.1 Å². The van der Waals surface area contributed by atoms with Crippen LogP contribution in [0, 0.1) is 6.92 Å². The summed E-state index contributed by atoms with van der Waals surface area (Å²) in [6.45, 7) is 12.5. The highest BCUT2D eigenvalue weighted by Gasteiger charge is 2.23. The van der Waals surface area contributed by atoms with Gasteiger partial charge < -0.3 is 14.6 Å². The molecule has 0 spiro atoms. The van der Waals surface area contributed by atoms with Crippen LogP contribution in [0.25, 0.3) is 11.4 Å². The molecule has 6 nitrogen and oxygen atoms in total. The van der Waals surface area contributed by atoms with E-state index in [-0.39, 0.29) is 18.0 Å². The second-order valence-corrected chi connectivity index (χ2v) is 8.33. The fourth-order valence-electron chi connectivity index (χ4n) is 3.48. The number of hydrogen-bond acceptors (Lipinski definition) is 5. The smallest absolute Gasteiger partial charge is 0.367 e. The number of unbranched alkanes of at least 4 members (excludes halogenated alkanes) is 1. The first kappa shape index (κ1) is 23.1. The first-order chi connectivity index (χ1) is 13.8. The Balaban J connectivity index is 2.35. The van der Waals surface area contributed by atoms with Crippen molar-refractivity contribution in [3.8, 4) is 11.4 Å². The summed E-state index contributed by atoms with van der Waals surface area (Å²) in [6, 6.07) is 2.23. The highest BCUT2D eigenvalue weighted by atomic mass is 32.1. The highest BCUT2D eigenvalue weighted by Crippen LogP contribution is 2.30. The van der Waals surface area contributed by atoms with Gasteiger partial charge in [-0.15, -0.1) is 11.3 Å². The molecule has 0 aliphatic rings. The molecular formula is C22H33N3O3S. The Labute approximate surface area is 177 Å². The Morgan fingerprint density at radius 2 is 2.00 bits per heavy atom. The van der Waals surface area contributed by atoms with Crippen molar-refractivity contribution in [3.63, 3.8) is 0 Å². The Hall–Kier alpha value is -2.15. The lowest BCUT2D eigenvalue weighted by Crippen LogP contribution is -2.34. The van der Waals surface area contributed by atoms with Gasteiger partial charge in [0.05, 0.1) is 23.6 Å². The normalized spacial score (nSPS) is 12.2. The van der Waals surface area contributed by atoms with Crippen LogP contribution in [0.1, 0.15) is 92.2 Å². The average Bonchev–Trinajstić information content (AvgIpc) is 3.29. The molecule has 0 aromatic carbocycles. The van der Waals surface area contributed by atoms with Crippen LogP contribution >= 0.6 is 11.3 Å². The van der Waals surface area contributed by atoms with E-state index in [4.69, 9.17) is 4.74 Å². The molecule has 1 amide bonds. The minimum Gasteiger partial charge on any atom is -0.461 e. The fraction of sp³-hybridized carbons (Fsp3) is 0.591. The molecule has 0 aliphatic carbocycles. The summed E-state index contributed by atoms with van der Waals surface area (Å²) in [5, 5.41) is 5.36. The number of amides is 1. The van der Waals surface area contributed by atoms with Crippen molar-refractivity contribution in [3.05, 3.63) is 27.7 Å². The molecule has 0 fully saturated rings. The maximum atomic E-state index is 13.0. The van der Waals surface area contributed by atoms with Gasteiger partial charge >= 0.3 is 5.97 Å². The van der Waals surface area contributed by atoms with Crippen molar-refractivity contribution in [1.82, 2.24) is 14.9 Å². The molecule has 2 aromatic heterocycles. The molecule has 2 rings (SSSR count). The molecule has 1 unspecified atom stereocenters. The van der Waals surface area contributed by atoms with Gasteiger partial charge in [-0.25, -0.2) is 9.78 Å². The number of nitrogens with one attached hydrogen (secondary N) is 1. The number of carbonyl (C=O) groups is 2. The Kier molecular flexibility index (Phi) is 8.44. The predicted molar refractivity (Wildman–Crippen MR) is 118 cm³/mol. The molecule has 1 N–H and O–H groups in total. The number of esters is 1. The van der Waals surface area contributed by atoms with Crippen molar-refractivity contribution in [2.24, 2.45) is 0 Å². The first-order valence-corrected chi connectivity index (χ1v) is 11.4. The summed E-state index contributed by atoms with van der Waals surface area (Å²) in [6.07, 6.45) is 4.12. The van der Waals surface area contributed by atoms with Crippen molar-refractivity contribution in [1.29, 1.82) is 0 Å². The molecule has 160 valence electrons. The van der Waals surface area contributed by atoms with Gasteiger partial charge in [0.15, 0.2) is 0 Å². The molecule has 1 atom stereocenters. The van der Waals surface area contributed by atoms with E-state index in [1.807, 2.05) is 18.4 Å². The average molecular weight is 420 g/mol. The third-order valence-electron chi connectivity index (χ3n) is 5.00. The van der Waals surface area contributed by atoms with Gasteiger partial charge in [-0.05, 0) is 46.6 Å². The lowest BCUT2D eigenvalue weighted by molar-refractivity contribution is 0.0526. The molecule has 0 radical (unpaired) electrons. The second-order valence-electron chi connectivity index (χ2n) is 7.47. The third kappa shape index (κ3) is 5.47. The van der Waals surface area contributed by atoms with Crippen LogP contribution in [0.15, 0.2) is 11.4 Å². The van der Waals surface area contributed by atoms with Crippen molar-refractivity contribution in [2.45, 2.75) is 79.3 Å². The maximum Gasteiger partial charge on any atom is 0.367 e. The zero-order valence-electron chi connectivity index (χ0n) is 18.4. The largest absolute Gasteiger partial charge is 0.461 e. The number of rotatable bonds is 10. The summed E-state index contributed by atoms with van der Waals surface area (Å²) in [5.74, 6) is -0.463. The van der Waals surface area contributed by atoms with Crippen LogP contribution < -0.4 is 5.32 Å². The molecule has 0 saturated heterocycles. The van der Waals surface area contributed by atoms with E-state index in [1.54, 1.807) is 6.92 Å². The summed E-state index contributed by atoms with van der Waals surface area (Å²) in [5.41, 5.74) is 3.10. The summed E-state index contributed by atoms with van der Waals surface area (Å²) in [7, 11) is 0. The van der Waals surface area contributed by atoms with E-state index in [0.29, 0.717) is 22.9 Å². The molecular weight excluding hydrogens is 386 g/mol. The van der Waals surface area contributed by atoms with Gasteiger partial charge in [0.1, 0.15) is 0 Å². The lowest BCUT2D eigenvalue weighted by atomic mass is 10.1. The van der Waals surface area contributed by atoms with Crippen LogP contribution in [0.2, 0.25) is 0 Å². The van der Waals surface area contributed by atoms with E-state index >= 15 is 0 Å². The minimum absolute atomic E-state index is 0.0491. The highest BCUT2D eigenvalue weighted by molar-refractivity contribution is 7.11. The van der Waals surface area contributed by atoms with Crippen molar-refractivity contribution < 1.29 is 14.3 Å². The van der Waals surface area contributed by atoms with Gasteiger partial charge in [0.2, 0.25) is 5.01 Å². The van der Waals surface area contributed by atoms with Crippen LogP contribution in [-0.4, -0.2) is 34.1 Å². The fourth-order valence-corrected chi connectivity index (χ4v) is 4.19. The van der Waals surface area contributed by atoms with Gasteiger partial charge in [-0.1, -0.05) is 26.7 Å². The molecule has 0 aliphatic heterocycles. The van der Waals surface area contributed by atoms with Gasteiger partial charge in [-0.2, -0.15) is 0 Å². The van der Waals surface area contributed by atoms with E-state index in [9.17, 15) is 9.59 Å². The molecule has 2 aromatic rings. The van der Waals surface area contributed by atoms with E-state index in [2.05, 4.69) is 42.6 Å². The Morgan fingerprint density at radius 3 is 2.59 bits per heavy atom. The monoisotopic (exact) mass is 419 g/mol. The zero-order valence-corrected chi connectivity index (χ0v) is 19.2. The number of hydrogen-bond donors (Lipinski definition) is 1. The molecule has 7 heteroatoms. The molecule has 29 heavy (non-hydrogen) atoms. The zero-order chi connectivity index (χ0) is 21.6. The van der Waals surface area contributed by atoms with Crippen LogP contribution in [-0.2, 0) is 4.74 Å². The van der Waals surface area contributed by atoms with Gasteiger partial charge in [0, 0.05) is 23.2 Å². The first-order valence-electron chi connectivity index (χ1n) is 10.5. The summed E-state index contributed by atoms with van der Waals surface area (Å²) in [4.78, 5) is 29.4. The standard InChI is InChI=1S/C22H33N3O3S/c1-7-10-11-16(8-2)23-20(26)17-12-19(25(14(4)5)15(17)6)18-13-29-21(24-18)22(27)28-9-3/h12-14,16H,7-11H2,1-6H3,(H,23,26). The van der Waals surface area contributed by atoms with E-state index in [1.165, 1.54) is 11.3 Å². The predicted octanol–water partition coefficient (Wildman–Crippen LogP) is 5.38. The SMILES string of the molecule is CCCCC(CC)NC(=O)c1cc(-c2csc(C(=O)OCC)n2)n(C(C)C)c1C. The Morgan fingerprint density at radius 1 is 1.28 bits per heavy atom. The van der Waals surface area contributed by atoms with Gasteiger partial charge in [0.25, 0.3) is 5.91 Å². The van der Waals surface area contributed by atoms with Gasteiger partial charge in [-0.3, -0.25) is 4.79 Å². The number of carbonyl (C=O) groups excluding carboxylic acids is 2. The van der Waals surface area contributed by atoms with Crippen LogP contribution in [0.5, 0.6) is 0 Å². The molecule has 0 bridgehead atoms. The van der Waals surface area contributed by atoms with Crippen LogP contribution in [0.4, 0.5) is 0 Å². The van der Waals surface area contributed by atoms with Crippen molar-refractivity contribution >= 4 is 23.2 Å². The lowest BCUT2D eigenvalue weighted by Gasteiger charge is -2.17. The molecule has 0 saturated carbocycles. The van der Waals surface area contributed by atoms with Crippen LogP contribution in [0.3, 0.4) is 0 Å². The molecule has 2 heterocycles. The third-order valence-corrected chi connectivity index (χ3v) is 5.83. The summed E-state index contributed by atoms with van der Waals surface area (Å²) < 4.78 is 7.15. The number of aromatic nitrogens is 2. The van der Waals surface area contributed by atoms with Crippen molar-refractivity contribution in [2.75, 3.05) is 6.61 Å². The maximum absolute atomic E-state index is 13.0. The number of ether oxygens (including phenoxy) is 1.